The van der Waals surface area contributed by atoms with Gasteiger partial charge in [0.25, 0.3) is 0 Å². The minimum Gasteiger partial charge on any atom is -0.339 e. The molecule has 1 aliphatic heterocycles. The summed E-state index contributed by atoms with van der Waals surface area (Å²) in [6.07, 6.45) is 4.66. The molecular weight excluding hydrogens is 188 g/mol. The summed E-state index contributed by atoms with van der Waals surface area (Å²) in [6.45, 7) is 9.39. The van der Waals surface area contributed by atoms with Gasteiger partial charge in [0.05, 0.1) is 0 Å². The molecule has 3 heteroatoms. The molecule has 1 aliphatic rings. The molecule has 1 atom stereocenters. The minimum atomic E-state index is 0.283. The highest BCUT2D eigenvalue weighted by molar-refractivity contribution is 5.76. The maximum atomic E-state index is 11.9. The number of nitrogens with zero attached hydrogens (tertiary/aromatic N) is 1. The van der Waals surface area contributed by atoms with Gasteiger partial charge in [-0.05, 0) is 31.8 Å². The first-order valence-electron chi connectivity index (χ1n) is 5.87. The largest absolute Gasteiger partial charge is 0.339 e. The zero-order chi connectivity index (χ0) is 11.1. The molecule has 3 nitrogen and oxygen atoms in total. The molecule has 0 saturated carbocycles. The van der Waals surface area contributed by atoms with Gasteiger partial charge in [0.2, 0.25) is 5.91 Å². The lowest BCUT2D eigenvalue weighted by atomic mass is 10.0. The van der Waals surface area contributed by atoms with E-state index in [1.807, 2.05) is 4.90 Å². The molecule has 0 aromatic carbocycles. The van der Waals surface area contributed by atoms with Crippen molar-refractivity contribution in [1.29, 1.82) is 0 Å². The fraction of sp³-hybridized carbons (Fsp3) is 0.750. The van der Waals surface area contributed by atoms with Crippen molar-refractivity contribution in [3.05, 3.63) is 12.7 Å². The molecule has 0 aromatic rings. The zero-order valence-electron chi connectivity index (χ0n) is 9.67. The third kappa shape index (κ3) is 4.04. The van der Waals surface area contributed by atoms with Crippen LogP contribution in [0.2, 0.25) is 0 Å². The van der Waals surface area contributed by atoms with Gasteiger partial charge in [-0.3, -0.25) is 4.79 Å². The van der Waals surface area contributed by atoms with Gasteiger partial charge in [-0.1, -0.05) is 13.0 Å². The van der Waals surface area contributed by atoms with Crippen molar-refractivity contribution in [2.75, 3.05) is 26.2 Å². The van der Waals surface area contributed by atoms with Gasteiger partial charge < -0.3 is 10.2 Å². The van der Waals surface area contributed by atoms with E-state index in [0.29, 0.717) is 18.9 Å². The van der Waals surface area contributed by atoms with Gasteiger partial charge in [0.15, 0.2) is 0 Å². The summed E-state index contributed by atoms with van der Waals surface area (Å²) in [4.78, 5) is 13.8. The smallest absolute Gasteiger partial charge is 0.223 e. The standard InChI is InChI=1S/C12H22N2O/c1-3-7-14(8-4-2)12(15)9-11-5-6-13-10-11/h3,11,13H,1,4-10H2,2H3. The topological polar surface area (TPSA) is 32.3 Å². The highest BCUT2D eigenvalue weighted by Gasteiger charge is 2.20. The zero-order valence-corrected chi connectivity index (χ0v) is 9.67. The number of hydrogen-bond acceptors (Lipinski definition) is 2. The highest BCUT2D eigenvalue weighted by atomic mass is 16.2. The van der Waals surface area contributed by atoms with Crippen LogP contribution in [0.25, 0.3) is 0 Å². The van der Waals surface area contributed by atoms with Gasteiger partial charge in [-0.15, -0.1) is 6.58 Å². The van der Waals surface area contributed by atoms with Gasteiger partial charge in [0.1, 0.15) is 0 Å². The van der Waals surface area contributed by atoms with Crippen molar-refractivity contribution in [2.45, 2.75) is 26.2 Å². The van der Waals surface area contributed by atoms with E-state index in [-0.39, 0.29) is 5.91 Å². The van der Waals surface area contributed by atoms with E-state index in [1.54, 1.807) is 6.08 Å². The number of carbonyl (C=O) groups excluding carboxylic acids is 1. The van der Waals surface area contributed by atoms with Crippen LogP contribution in [0, 0.1) is 5.92 Å². The first kappa shape index (κ1) is 12.2. The van der Waals surface area contributed by atoms with Crippen LogP contribution in [0.15, 0.2) is 12.7 Å². The molecule has 86 valence electrons. The maximum Gasteiger partial charge on any atom is 0.223 e. The molecule has 0 aromatic heterocycles. The van der Waals surface area contributed by atoms with Gasteiger partial charge >= 0.3 is 0 Å². The molecule has 15 heavy (non-hydrogen) atoms. The summed E-state index contributed by atoms with van der Waals surface area (Å²) in [6, 6.07) is 0. The average molecular weight is 210 g/mol. The van der Waals surface area contributed by atoms with E-state index < -0.39 is 0 Å². The van der Waals surface area contributed by atoms with E-state index in [4.69, 9.17) is 0 Å². The van der Waals surface area contributed by atoms with Crippen LogP contribution in [-0.2, 0) is 4.79 Å². The number of hydrogen-bond donors (Lipinski definition) is 1. The first-order chi connectivity index (χ1) is 7.27. The van der Waals surface area contributed by atoms with Crippen molar-refractivity contribution >= 4 is 5.91 Å². The lowest BCUT2D eigenvalue weighted by Gasteiger charge is -2.21. The highest BCUT2D eigenvalue weighted by Crippen LogP contribution is 2.13. The molecule has 1 fully saturated rings. The Morgan fingerprint density at radius 1 is 1.67 bits per heavy atom. The second-order valence-corrected chi connectivity index (χ2v) is 4.19. The normalized spacial score (nSPS) is 20.2. The molecule has 1 saturated heterocycles. The van der Waals surface area contributed by atoms with Crippen molar-refractivity contribution in [1.82, 2.24) is 10.2 Å². The molecule has 1 amide bonds. The SMILES string of the molecule is C=CCN(CCC)C(=O)CC1CCNC1. The van der Waals surface area contributed by atoms with Crippen LogP contribution in [0.3, 0.4) is 0 Å². The summed E-state index contributed by atoms with van der Waals surface area (Å²) in [7, 11) is 0. The van der Waals surface area contributed by atoms with Crippen molar-refractivity contribution < 1.29 is 4.79 Å². The van der Waals surface area contributed by atoms with Crippen molar-refractivity contribution in [3.63, 3.8) is 0 Å². The van der Waals surface area contributed by atoms with E-state index in [2.05, 4.69) is 18.8 Å². The Bertz CT molecular complexity index is 210. The van der Waals surface area contributed by atoms with Gasteiger partial charge in [0, 0.05) is 19.5 Å². The second-order valence-electron chi connectivity index (χ2n) is 4.19. The van der Waals surface area contributed by atoms with Gasteiger partial charge in [-0.25, -0.2) is 0 Å². The van der Waals surface area contributed by atoms with Crippen LogP contribution in [0.4, 0.5) is 0 Å². The molecule has 1 N–H and O–H groups in total. The molecule has 0 radical (unpaired) electrons. The molecule has 0 aliphatic carbocycles. The monoisotopic (exact) mass is 210 g/mol. The minimum absolute atomic E-state index is 0.283. The molecule has 0 bridgehead atoms. The lowest BCUT2D eigenvalue weighted by Crippen LogP contribution is -2.33. The van der Waals surface area contributed by atoms with Crippen LogP contribution in [-0.4, -0.2) is 37.0 Å². The molecular formula is C12H22N2O. The quantitative estimate of drug-likeness (QED) is 0.672. The Hall–Kier alpha value is -0.830. The van der Waals surface area contributed by atoms with Gasteiger partial charge in [-0.2, -0.15) is 0 Å². The summed E-state index contributed by atoms with van der Waals surface area (Å²) in [5.74, 6) is 0.826. The number of carbonyl (C=O) groups is 1. The summed E-state index contributed by atoms with van der Waals surface area (Å²) in [5.41, 5.74) is 0. The average Bonchev–Trinajstić information content (AvgIpc) is 2.70. The Balaban J connectivity index is 2.36. The summed E-state index contributed by atoms with van der Waals surface area (Å²) < 4.78 is 0. The van der Waals surface area contributed by atoms with Crippen LogP contribution in [0.1, 0.15) is 26.2 Å². The Morgan fingerprint density at radius 3 is 3.00 bits per heavy atom. The third-order valence-corrected chi connectivity index (χ3v) is 2.82. The Kier molecular flexibility index (Phi) is 5.40. The fourth-order valence-corrected chi connectivity index (χ4v) is 2.01. The molecule has 1 unspecified atom stereocenters. The van der Waals surface area contributed by atoms with Crippen LogP contribution in [0.5, 0.6) is 0 Å². The van der Waals surface area contributed by atoms with Crippen molar-refractivity contribution in [2.24, 2.45) is 5.92 Å². The van der Waals surface area contributed by atoms with Crippen molar-refractivity contribution in [3.8, 4) is 0 Å². The lowest BCUT2D eigenvalue weighted by molar-refractivity contribution is -0.131. The van der Waals surface area contributed by atoms with E-state index in [0.717, 1.165) is 32.5 Å². The summed E-state index contributed by atoms with van der Waals surface area (Å²) in [5, 5.41) is 3.29. The summed E-state index contributed by atoms with van der Waals surface area (Å²) >= 11 is 0. The second kappa shape index (κ2) is 6.62. The predicted molar refractivity (Wildman–Crippen MR) is 62.7 cm³/mol. The van der Waals surface area contributed by atoms with Crippen LogP contribution >= 0.6 is 0 Å². The number of rotatable bonds is 6. The fourth-order valence-electron chi connectivity index (χ4n) is 2.01. The predicted octanol–water partition coefficient (Wildman–Crippen LogP) is 1.41. The molecule has 1 rings (SSSR count). The maximum absolute atomic E-state index is 11.9. The van der Waals surface area contributed by atoms with E-state index in [1.165, 1.54) is 0 Å². The van der Waals surface area contributed by atoms with Crippen LogP contribution < -0.4 is 5.32 Å². The molecule has 1 heterocycles. The van der Waals surface area contributed by atoms with E-state index >= 15 is 0 Å². The third-order valence-electron chi connectivity index (χ3n) is 2.82. The first-order valence-corrected chi connectivity index (χ1v) is 5.87. The van der Waals surface area contributed by atoms with E-state index in [9.17, 15) is 4.79 Å². The number of nitrogens with one attached hydrogen (secondary N) is 1. The Labute approximate surface area is 92.5 Å². The molecule has 0 spiro atoms. The Morgan fingerprint density at radius 2 is 2.47 bits per heavy atom. The number of amides is 1.